The van der Waals surface area contributed by atoms with Gasteiger partial charge < -0.3 is 10.1 Å². The molecule has 0 bridgehead atoms. The fourth-order valence-corrected chi connectivity index (χ4v) is 1.58. The molecule has 1 rings (SSSR count). The lowest BCUT2D eigenvalue weighted by Gasteiger charge is -2.21. The van der Waals surface area contributed by atoms with Crippen LogP contribution < -0.4 is 5.32 Å². The molecule has 0 unspecified atom stereocenters. The summed E-state index contributed by atoms with van der Waals surface area (Å²) in [5.74, 6) is -1.56. The smallest absolute Gasteiger partial charge is 0.312 e. The molecule has 0 amide bonds. The Bertz CT molecular complexity index is 413. The van der Waals surface area contributed by atoms with Crippen molar-refractivity contribution in [1.82, 2.24) is 5.32 Å². The molecule has 100 valence electrons. The summed E-state index contributed by atoms with van der Waals surface area (Å²) in [5, 5.41) is 2.98. The average molecular weight is 257 g/mol. The maximum Gasteiger partial charge on any atom is 0.312 e. The largest absolute Gasteiger partial charge is 0.469 e. The molecule has 0 atom stereocenters. The molecule has 18 heavy (non-hydrogen) atoms. The molecule has 0 saturated heterocycles. The van der Waals surface area contributed by atoms with E-state index in [1.165, 1.54) is 19.2 Å². The summed E-state index contributed by atoms with van der Waals surface area (Å²) in [5.41, 5.74) is -0.186. The van der Waals surface area contributed by atoms with Gasteiger partial charge in [-0.25, -0.2) is 8.78 Å². The molecule has 5 heteroatoms. The second kappa shape index (κ2) is 5.91. The van der Waals surface area contributed by atoms with Crippen LogP contribution in [-0.4, -0.2) is 19.6 Å². The number of carbonyl (C=O) groups is 1. The van der Waals surface area contributed by atoms with Crippen molar-refractivity contribution in [2.45, 2.75) is 20.4 Å². The van der Waals surface area contributed by atoms with Crippen LogP contribution in [0.2, 0.25) is 0 Å². The quantitative estimate of drug-likeness (QED) is 0.822. The number of benzene rings is 1. The lowest BCUT2D eigenvalue weighted by Crippen LogP contribution is -2.36. The van der Waals surface area contributed by atoms with E-state index >= 15 is 0 Å². The van der Waals surface area contributed by atoms with E-state index < -0.39 is 17.0 Å². The minimum Gasteiger partial charge on any atom is -0.469 e. The summed E-state index contributed by atoms with van der Waals surface area (Å²) in [6.45, 7) is 4.11. The minimum absolute atomic E-state index is 0.287. The normalized spacial score (nSPS) is 11.4. The van der Waals surface area contributed by atoms with Gasteiger partial charge in [0.2, 0.25) is 0 Å². The highest BCUT2D eigenvalue weighted by Gasteiger charge is 2.27. The number of halogens is 2. The maximum absolute atomic E-state index is 12.9. The van der Waals surface area contributed by atoms with E-state index in [9.17, 15) is 13.6 Å². The maximum atomic E-state index is 12.9. The summed E-state index contributed by atoms with van der Waals surface area (Å²) in [6.07, 6.45) is 0. The van der Waals surface area contributed by atoms with Gasteiger partial charge in [0, 0.05) is 19.2 Å². The standard InChI is InChI=1S/C13H17F2NO2/c1-13(2,12(17)18-3)8-16-7-9-4-10(14)6-11(15)5-9/h4-6,16H,7-8H2,1-3H3. The summed E-state index contributed by atoms with van der Waals surface area (Å²) >= 11 is 0. The Balaban J connectivity index is 2.53. The van der Waals surface area contributed by atoms with Crippen LogP contribution >= 0.6 is 0 Å². The zero-order valence-electron chi connectivity index (χ0n) is 10.7. The topological polar surface area (TPSA) is 38.3 Å². The first-order valence-electron chi connectivity index (χ1n) is 5.59. The van der Waals surface area contributed by atoms with Crippen molar-refractivity contribution in [3.63, 3.8) is 0 Å². The van der Waals surface area contributed by atoms with Crippen LogP contribution in [0.5, 0.6) is 0 Å². The summed E-state index contributed by atoms with van der Waals surface area (Å²) in [6, 6.07) is 3.32. The van der Waals surface area contributed by atoms with Crippen LogP contribution in [0.4, 0.5) is 8.78 Å². The van der Waals surface area contributed by atoms with Gasteiger partial charge in [0.1, 0.15) is 11.6 Å². The zero-order valence-corrected chi connectivity index (χ0v) is 10.7. The molecule has 1 aromatic carbocycles. The van der Waals surface area contributed by atoms with E-state index in [0.29, 0.717) is 12.1 Å². The average Bonchev–Trinajstić information content (AvgIpc) is 2.26. The van der Waals surface area contributed by atoms with Gasteiger partial charge in [-0.05, 0) is 31.5 Å². The first-order valence-corrected chi connectivity index (χ1v) is 5.59. The molecule has 0 aliphatic rings. The molecule has 0 aromatic heterocycles. The lowest BCUT2D eigenvalue weighted by atomic mass is 9.94. The monoisotopic (exact) mass is 257 g/mol. The highest BCUT2D eigenvalue weighted by Crippen LogP contribution is 2.16. The molecule has 0 aliphatic heterocycles. The first kappa shape index (κ1) is 14.6. The van der Waals surface area contributed by atoms with Gasteiger partial charge in [-0.15, -0.1) is 0 Å². The predicted molar refractivity (Wildman–Crippen MR) is 63.9 cm³/mol. The third kappa shape index (κ3) is 4.07. The lowest BCUT2D eigenvalue weighted by molar-refractivity contribution is -0.150. The van der Waals surface area contributed by atoms with Crippen molar-refractivity contribution in [3.05, 3.63) is 35.4 Å². The molecule has 1 aromatic rings. The number of hydrogen-bond acceptors (Lipinski definition) is 3. The number of esters is 1. The van der Waals surface area contributed by atoms with E-state index in [1.54, 1.807) is 13.8 Å². The fourth-order valence-electron chi connectivity index (χ4n) is 1.58. The molecule has 1 N–H and O–H groups in total. The Kier molecular flexibility index (Phi) is 4.78. The number of carbonyl (C=O) groups excluding carboxylic acids is 1. The third-order valence-corrected chi connectivity index (χ3v) is 2.56. The number of rotatable bonds is 5. The number of methoxy groups -OCH3 is 1. The molecular weight excluding hydrogens is 240 g/mol. The van der Waals surface area contributed by atoms with Gasteiger partial charge in [-0.3, -0.25) is 4.79 Å². The van der Waals surface area contributed by atoms with Crippen molar-refractivity contribution in [3.8, 4) is 0 Å². The Morgan fingerprint density at radius 2 is 1.83 bits per heavy atom. The Labute approximate surface area is 105 Å². The molecule has 0 radical (unpaired) electrons. The SMILES string of the molecule is COC(=O)C(C)(C)CNCc1cc(F)cc(F)c1. The van der Waals surface area contributed by atoms with E-state index in [1.807, 2.05) is 0 Å². The summed E-state index contributed by atoms with van der Waals surface area (Å²) < 4.78 is 30.5. The Morgan fingerprint density at radius 3 is 2.33 bits per heavy atom. The van der Waals surface area contributed by atoms with Crippen molar-refractivity contribution < 1.29 is 18.3 Å². The van der Waals surface area contributed by atoms with Crippen LogP contribution in [0.25, 0.3) is 0 Å². The molecular formula is C13H17F2NO2. The van der Waals surface area contributed by atoms with Crippen molar-refractivity contribution in [1.29, 1.82) is 0 Å². The van der Waals surface area contributed by atoms with Crippen LogP contribution in [0.15, 0.2) is 18.2 Å². The second-order valence-electron chi connectivity index (χ2n) is 4.76. The van der Waals surface area contributed by atoms with Gasteiger partial charge in [0.25, 0.3) is 0 Å². The van der Waals surface area contributed by atoms with Gasteiger partial charge in [0.05, 0.1) is 12.5 Å². The van der Waals surface area contributed by atoms with E-state index in [4.69, 9.17) is 0 Å². The van der Waals surface area contributed by atoms with Gasteiger partial charge in [0.15, 0.2) is 0 Å². The third-order valence-electron chi connectivity index (χ3n) is 2.56. The van der Waals surface area contributed by atoms with Crippen molar-refractivity contribution >= 4 is 5.97 Å². The van der Waals surface area contributed by atoms with Gasteiger partial charge in [-0.1, -0.05) is 0 Å². The highest BCUT2D eigenvalue weighted by atomic mass is 19.1. The van der Waals surface area contributed by atoms with Crippen LogP contribution in [0.3, 0.4) is 0 Å². The first-order chi connectivity index (χ1) is 8.35. The summed E-state index contributed by atoms with van der Waals surface area (Å²) in [4.78, 5) is 11.4. The number of nitrogens with one attached hydrogen (secondary N) is 1. The van der Waals surface area contributed by atoms with E-state index in [2.05, 4.69) is 10.1 Å². The Hall–Kier alpha value is -1.49. The fraction of sp³-hybridized carbons (Fsp3) is 0.462. The summed E-state index contributed by atoms with van der Waals surface area (Å²) in [7, 11) is 1.33. The molecule has 0 spiro atoms. The number of hydrogen-bond donors (Lipinski definition) is 1. The minimum atomic E-state index is -0.680. The van der Waals surface area contributed by atoms with Crippen LogP contribution in [-0.2, 0) is 16.1 Å². The van der Waals surface area contributed by atoms with Gasteiger partial charge in [-0.2, -0.15) is 0 Å². The van der Waals surface area contributed by atoms with Gasteiger partial charge >= 0.3 is 5.97 Å². The molecule has 0 fully saturated rings. The Morgan fingerprint density at radius 1 is 1.28 bits per heavy atom. The van der Waals surface area contributed by atoms with Crippen molar-refractivity contribution in [2.24, 2.45) is 5.41 Å². The second-order valence-corrected chi connectivity index (χ2v) is 4.76. The highest BCUT2D eigenvalue weighted by molar-refractivity contribution is 5.76. The van der Waals surface area contributed by atoms with Crippen LogP contribution in [0, 0.1) is 17.0 Å². The van der Waals surface area contributed by atoms with E-state index in [-0.39, 0.29) is 12.5 Å². The van der Waals surface area contributed by atoms with E-state index in [0.717, 1.165) is 6.07 Å². The molecule has 0 aliphatic carbocycles. The number of ether oxygens (including phenoxy) is 1. The zero-order chi connectivity index (χ0) is 13.8. The predicted octanol–water partition coefficient (Wildman–Crippen LogP) is 2.25. The molecule has 0 heterocycles. The van der Waals surface area contributed by atoms with Crippen LogP contribution in [0.1, 0.15) is 19.4 Å². The molecule has 0 saturated carbocycles. The molecule has 3 nitrogen and oxygen atoms in total. The van der Waals surface area contributed by atoms with Crippen molar-refractivity contribution in [2.75, 3.05) is 13.7 Å².